The minimum absolute atomic E-state index is 0.0618. The predicted octanol–water partition coefficient (Wildman–Crippen LogP) is 6.18. The highest BCUT2D eigenvalue weighted by Gasteiger charge is 2.17. The molecule has 0 atom stereocenters. The SMILES string of the molecule is O=C(Sc1nc2ccccc2s1)c1cccnc1SCCC(F)=C(F)F. The number of aromatic nitrogens is 2. The Balaban J connectivity index is 1.72. The Morgan fingerprint density at radius 2 is 1.92 bits per heavy atom. The second-order valence-electron chi connectivity index (χ2n) is 4.96. The Labute approximate surface area is 159 Å². The van der Waals surface area contributed by atoms with Gasteiger partial charge in [-0.2, -0.15) is 8.78 Å². The average molecular weight is 412 g/mol. The first kappa shape index (κ1) is 18.9. The lowest BCUT2D eigenvalue weighted by Gasteiger charge is -2.05. The molecule has 3 rings (SSSR count). The molecule has 0 fully saturated rings. The van der Waals surface area contributed by atoms with Crippen molar-refractivity contribution in [2.24, 2.45) is 0 Å². The molecule has 1 aromatic carbocycles. The summed E-state index contributed by atoms with van der Waals surface area (Å²) >= 11 is 3.48. The van der Waals surface area contributed by atoms with Crippen molar-refractivity contribution in [3.05, 3.63) is 60.1 Å². The summed E-state index contributed by atoms with van der Waals surface area (Å²) in [5.41, 5.74) is 1.18. The van der Waals surface area contributed by atoms with E-state index < -0.39 is 18.3 Å². The quantitative estimate of drug-likeness (QED) is 0.452. The largest absolute Gasteiger partial charge is 0.301 e. The van der Waals surface area contributed by atoms with Gasteiger partial charge in [-0.15, -0.1) is 23.1 Å². The van der Waals surface area contributed by atoms with E-state index >= 15 is 0 Å². The highest BCUT2D eigenvalue weighted by atomic mass is 32.2. The first-order valence-corrected chi connectivity index (χ1v) is 10.0. The van der Waals surface area contributed by atoms with E-state index in [2.05, 4.69) is 9.97 Å². The van der Waals surface area contributed by atoms with E-state index in [4.69, 9.17) is 0 Å². The molecule has 3 aromatic rings. The smallest absolute Gasteiger partial charge is 0.281 e. The lowest BCUT2D eigenvalue weighted by Crippen LogP contribution is -1.98. The van der Waals surface area contributed by atoms with Gasteiger partial charge in [-0.3, -0.25) is 4.79 Å². The monoisotopic (exact) mass is 412 g/mol. The van der Waals surface area contributed by atoms with Gasteiger partial charge in [0.15, 0.2) is 10.2 Å². The number of allylic oxidation sites excluding steroid dienone is 1. The summed E-state index contributed by atoms with van der Waals surface area (Å²) in [6.45, 7) is 0. The topological polar surface area (TPSA) is 42.9 Å². The molecule has 0 radical (unpaired) electrons. The Morgan fingerprint density at radius 3 is 2.69 bits per heavy atom. The lowest BCUT2D eigenvalue weighted by atomic mass is 10.3. The zero-order valence-electron chi connectivity index (χ0n) is 13.1. The van der Waals surface area contributed by atoms with Gasteiger partial charge in [0.2, 0.25) is 5.12 Å². The van der Waals surface area contributed by atoms with E-state index in [0.717, 1.165) is 33.7 Å². The van der Waals surface area contributed by atoms with Gasteiger partial charge < -0.3 is 0 Å². The third kappa shape index (κ3) is 4.66. The number of rotatable bonds is 6. The van der Waals surface area contributed by atoms with E-state index in [1.165, 1.54) is 17.5 Å². The van der Waals surface area contributed by atoms with E-state index in [9.17, 15) is 18.0 Å². The van der Waals surface area contributed by atoms with Crippen LogP contribution < -0.4 is 0 Å². The third-order valence-electron chi connectivity index (χ3n) is 3.21. The first-order chi connectivity index (χ1) is 12.5. The fourth-order valence-corrected chi connectivity index (χ4v) is 4.95. The molecule has 9 heteroatoms. The summed E-state index contributed by atoms with van der Waals surface area (Å²) in [6, 6.07) is 10.8. The molecular weight excluding hydrogens is 401 g/mol. The number of para-hydroxylation sites is 1. The molecule has 0 unspecified atom stereocenters. The average Bonchev–Trinajstić information content (AvgIpc) is 3.04. The van der Waals surface area contributed by atoms with Crippen molar-refractivity contribution < 1.29 is 18.0 Å². The van der Waals surface area contributed by atoms with Crippen LogP contribution in [0.5, 0.6) is 0 Å². The molecule has 0 amide bonds. The van der Waals surface area contributed by atoms with Crippen molar-refractivity contribution in [2.75, 3.05) is 5.75 Å². The molecule has 0 bridgehead atoms. The summed E-state index contributed by atoms with van der Waals surface area (Å²) in [7, 11) is 0. The normalized spacial score (nSPS) is 10.9. The summed E-state index contributed by atoms with van der Waals surface area (Å²) in [5, 5.41) is 0.144. The van der Waals surface area contributed by atoms with Crippen LogP contribution in [-0.2, 0) is 0 Å². The van der Waals surface area contributed by atoms with Gasteiger partial charge in [0.1, 0.15) is 5.03 Å². The molecule has 0 aliphatic carbocycles. The zero-order chi connectivity index (χ0) is 18.5. The summed E-state index contributed by atoms with van der Waals surface area (Å²) in [6.07, 6.45) is -1.22. The van der Waals surface area contributed by atoms with E-state index in [-0.39, 0.29) is 10.9 Å². The van der Waals surface area contributed by atoms with Crippen LogP contribution >= 0.6 is 34.9 Å². The van der Waals surface area contributed by atoms with Crippen LogP contribution in [0.15, 0.2) is 63.9 Å². The predicted molar refractivity (Wildman–Crippen MR) is 99.7 cm³/mol. The molecule has 26 heavy (non-hydrogen) atoms. The highest BCUT2D eigenvalue weighted by molar-refractivity contribution is 8.15. The highest BCUT2D eigenvalue weighted by Crippen LogP contribution is 2.33. The summed E-state index contributed by atoms with van der Waals surface area (Å²) < 4.78 is 38.7. The number of halogens is 3. The van der Waals surface area contributed by atoms with Gasteiger partial charge in [-0.1, -0.05) is 12.1 Å². The number of carbonyl (C=O) groups excluding carboxylic acids is 1. The van der Waals surface area contributed by atoms with Crippen molar-refractivity contribution in [3.8, 4) is 0 Å². The van der Waals surface area contributed by atoms with Crippen LogP contribution in [-0.4, -0.2) is 20.8 Å². The Bertz CT molecular complexity index is 938. The van der Waals surface area contributed by atoms with Crippen molar-refractivity contribution >= 4 is 50.2 Å². The number of hydrogen-bond acceptors (Lipinski definition) is 6. The zero-order valence-corrected chi connectivity index (χ0v) is 15.6. The number of pyridine rings is 1. The molecule has 0 N–H and O–H groups in total. The summed E-state index contributed by atoms with van der Waals surface area (Å²) in [5.74, 6) is -1.38. The van der Waals surface area contributed by atoms with Crippen LogP contribution in [0.4, 0.5) is 13.2 Å². The molecule has 0 aliphatic heterocycles. The number of carbonyl (C=O) groups is 1. The standard InChI is InChI=1S/C17H11F3N2OS3/c18-11(14(19)20)7-9-24-15-10(4-3-8-21-15)16(23)26-17-22-12-5-1-2-6-13(12)25-17/h1-6,8H,7,9H2. The van der Waals surface area contributed by atoms with Gasteiger partial charge in [-0.25, -0.2) is 14.4 Å². The number of hydrogen-bond donors (Lipinski definition) is 0. The Hall–Kier alpha value is -1.84. The molecule has 0 saturated carbocycles. The number of fused-ring (bicyclic) bond motifs is 1. The van der Waals surface area contributed by atoms with Crippen LogP contribution in [0, 0.1) is 0 Å². The molecular formula is C17H11F3N2OS3. The van der Waals surface area contributed by atoms with Gasteiger partial charge in [-0.05, 0) is 36.0 Å². The molecule has 0 spiro atoms. The van der Waals surface area contributed by atoms with E-state index in [1.807, 2.05) is 24.3 Å². The lowest BCUT2D eigenvalue weighted by molar-refractivity contribution is 0.108. The van der Waals surface area contributed by atoms with Crippen LogP contribution in [0.3, 0.4) is 0 Å². The van der Waals surface area contributed by atoms with Crippen LogP contribution in [0.2, 0.25) is 0 Å². The second kappa shape index (κ2) is 8.70. The molecule has 0 aliphatic rings. The molecule has 134 valence electrons. The molecule has 2 aromatic heterocycles. The first-order valence-electron chi connectivity index (χ1n) is 7.40. The fraction of sp³-hybridized carbons (Fsp3) is 0.118. The molecule has 0 saturated heterocycles. The minimum atomic E-state index is -2.31. The minimum Gasteiger partial charge on any atom is -0.281 e. The summed E-state index contributed by atoms with van der Waals surface area (Å²) in [4.78, 5) is 21.1. The van der Waals surface area contributed by atoms with Gasteiger partial charge in [0.05, 0.1) is 15.8 Å². The number of benzene rings is 1. The molecule has 3 nitrogen and oxygen atoms in total. The Kier molecular flexibility index (Phi) is 6.33. The van der Waals surface area contributed by atoms with E-state index in [1.54, 1.807) is 12.1 Å². The number of thiazole rings is 1. The van der Waals surface area contributed by atoms with Crippen molar-refractivity contribution in [2.45, 2.75) is 15.8 Å². The number of thioether (sulfide) groups is 2. The van der Waals surface area contributed by atoms with Gasteiger partial charge in [0, 0.05) is 18.4 Å². The maximum atomic E-state index is 12.9. The fourth-order valence-electron chi connectivity index (χ4n) is 2.02. The number of nitrogens with zero attached hydrogens (tertiary/aromatic N) is 2. The van der Waals surface area contributed by atoms with Crippen LogP contribution in [0.25, 0.3) is 10.2 Å². The van der Waals surface area contributed by atoms with Gasteiger partial charge in [0.25, 0.3) is 0 Å². The maximum absolute atomic E-state index is 12.9. The second-order valence-corrected chi connectivity index (χ2v) is 8.29. The molecule has 2 heterocycles. The van der Waals surface area contributed by atoms with Crippen molar-refractivity contribution in [1.29, 1.82) is 0 Å². The van der Waals surface area contributed by atoms with Crippen LogP contribution in [0.1, 0.15) is 16.8 Å². The van der Waals surface area contributed by atoms with Gasteiger partial charge >= 0.3 is 6.08 Å². The Morgan fingerprint density at radius 1 is 1.12 bits per heavy atom. The van der Waals surface area contributed by atoms with Crippen molar-refractivity contribution in [1.82, 2.24) is 9.97 Å². The van der Waals surface area contributed by atoms with E-state index in [0.29, 0.717) is 14.9 Å². The maximum Gasteiger partial charge on any atom is 0.301 e. The van der Waals surface area contributed by atoms with Crippen molar-refractivity contribution in [3.63, 3.8) is 0 Å². The third-order valence-corrected chi connectivity index (χ3v) is 6.22.